The maximum atomic E-state index is 13.0. The van der Waals surface area contributed by atoms with E-state index in [2.05, 4.69) is 10.0 Å². The molecule has 0 aliphatic carbocycles. The van der Waals surface area contributed by atoms with Crippen molar-refractivity contribution in [3.63, 3.8) is 0 Å². The van der Waals surface area contributed by atoms with Crippen LogP contribution in [0.5, 0.6) is 11.5 Å². The van der Waals surface area contributed by atoms with Gasteiger partial charge in [-0.2, -0.15) is 0 Å². The van der Waals surface area contributed by atoms with E-state index in [1.165, 1.54) is 6.07 Å². The van der Waals surface area contributed by atoms with E-state index in [1.54, 1.807) is 24.3 Å². The smallest absolute Gasteiger partial charge is 0.263 e. The normalized spacial score (nSPS) is 17.7. The number of hydrogen-bond donors (Lipinski definition) is 4. The Morgan fingerprint density at radius 1 is 1.14 bits per heavy atom. The van der Waals surface area contributed by atoms with Crippen molar-refractivity contribution in [2.75, 3.05) is 36.4 Å². The zero-order valence-corrected chi connectivity index (χ0v) is 16.2. The first-order chi connectivity index (χ1) is 13.9. The second-order valence-corrected chi connectivity index (χ2v) is 7.80. The van der Waals surface area contributed by atoms with Gasteiger partial charge in [-0.3, -0.25) is 9.52 Å². The van der Waals surface area contributed by atoms with E-state index in [9.17, 15) is 18.3 Å². The molecule has 154 valence electrons. The number of carbonyl (C=O) groups excluding carboxylic acids is 1. The van der Waals surface area contributed by atoms with E-state index in [-0.39, 0.29) is 35.0 Å². The largest absolute Gasteiger partial charge is 0.507 e. The molecule has 2 aromatic carbocycles. The van der Waals surface area contributed by atoms with Gasteiger partial charge in [-0.05, 0) is 24.3 Å². The molecule has 3 rings (SSSR count). The Hall–Kier alpha value is -3.24. The van der Waals surface area contributed by atoms with Crippen molar-refractivity contribution < 1.29 is 27.8 Å². The molecule has 0 aromatic heterocycles. The number of nitrogens with two attached hydrogens (primary N) is 1. The lowest BCUT2D eigenvalue weighted by Crippen LogP contribution is -2.19. The van der Waals surface area contributed by atoms with E-state index in [1.807, 2.05) is 6.08 Å². The highest BCUT2D eigenvalue weighted by Gasteiger charge is 2.23. The van der Waals surface area contributed by atoms with Crippen LogP contribution in [0.25, 0.3) is 0 Å². The van der Waals surface area contributed by atoms with Crippen LogP contribution in [0, 0.1) is 0 Å². The summed E-state index contributed by atoms with van der Waals surface area (Å²) in [5.41, 5.74) is 5.34. The van der Waals surface area contributed by atoms with Gasteiger partial charge in [0.1, 0.15) is 23.0 Å². The molecule has 0 unspecified atom stereocenters. The molecule has 2 bridgehead atoms. The molecule has 1 heterocycles. The summed E-state index contributed by atoms with van der Waals surface area (Å²) in [4.78, 5) is 11.3. The number of carbonyl (C=O) groups is 1. The van der Waals surface area contributed by atoms with Gasteiger partial charge in [0.15, 0.2) is 0 Å². The number of benzene rings is 2. The molecule has 29 heavy (non-hydrogen) atoms. The number of rotatable bonds is 1. The third-order valence-corrected chi connectivity index (χ3v) is 5.45. The third kappa shape index (κ3) is 5.18. The highest BCUT2D eigenvalue weighted by Crippen LogP contribution is 2.31. The topological polar surface area (TPSA) is 140 Å². The Morgan fingerprint density at radius 3 is 2.72 bits per heavy atom. The second kappa shape index (κ2) is 8.84. The molecule has 5 N–H and O–H groups in total. The summed E-state index contributed by atoms with van der Waals surface area (Å²) >= 11 is 0. The molecule has 2 aromatic rings. The number of nitrogens with one attached hydrogen (secondary N) is 2. The highest BCUT2D eigenvalue weighted by molar-refractivity contribution is 7.92. The molecular weight excluding hydrogens is 398 g/mol. The SMILES string of the molecule is NC(=O)c1cc2c(cc1O)NCCOC/C=C/COc1cccc(c1)NS2(=O)=O. The summed E-state index contributed by atoms with van der Waals surface area (Å²) < 4.78 is 39.5. The van der Waals surface area contributed by atoms with E-state index in [0.29, 0.717) is 19.0 Å². The number of amides is 1. The molecular formula is C19H21N3O6S. The van der Waals surface area contributed by atoms with Crippen molar-refractivity contribution in [2.45, 2.75) is 4.90 Å². The quantitative estimate of drug-likeness (QED) is 0.515. The van der Waals surface area contributed by atoms with Crippen LogP contribution >= 0.6 is 0 Å². The van der Waals surface area contributed by atoms with Crippen molar-refractivity contribution in [3.05, 3.63) is 54.1 Å². The maximum Gasteiger partial charge on any atom is 0.263 e. The first kappa shape index (κ1) is 20.5. The van der Waals surface area contributed by atoms with Gasteiger partial charge < -0.3 is 25.6 Å². The van der Waals surface area contributed by atoms with Crippen LogP contribution in [0.3, 0.4) is 0 Å². The summed E-state index contributed by atoms with van der Waals surface area (Å²) in [5, 5.41) is 13.0. The number of sulfonamides is 1. The van der Waals surface area contributed by atoms with Crippen molar-refractivity contribution in [1.82, 2.24) is 0 Å². The van der Waals surface area contributed by atoms with Gasteiger partial charge in [-0.15, -0.1) is 0 Å². The molecule has 1 aliphatic heterocycles. The highest BCUT2D eigenvalue weighted by atomic mass is 32.2. The van der Waals surface area contributed by atoms with Crippen LogP contribution in [-0.4, -0.2) is 45.8 Å². The maximum absolute atomic E-state index is 13.0. The lowest BCUT2D eigenvalue weighted by Gasteiger charge is -2.16. The van der Waals surface area contributed by atoms with Gasteiger partial charge in [0, 0.05) is 18.7 Å². The van der Waals surface area contributed by atoms with Gasteiger partial charge in [-0.1, -0.05) is 12.1 Å². The average Bonchev–Trinajstić information content (AvgIpc) is 2.65. The Kier molecular flexibility index (Phi) is 6.25. The molecule has 0 radical (unpaired) electrons. The van der Waals surface area contributed by atoms with Crippen LogP contribution in [0.15, 0.2) is 53.4 Å². The van der Waals surface area contributed by atoms with Gasteiger partial charge in [0.2, 0.25) is 0 Å². The molecule has 0 fully saturated rings. The Morgan fingerprint density at radius 2 is 1.93 bits per heavy atom. The lowest BCUT2D eigenvalue weighted by atomic mass is 10.1. The van der Waals surface area contributed by atoms with Crippen molar-refractivity contribution in [2.24, 2.45) is 5.73 Å². The molecule has 10 heteroatoms. The number of ether oxygens (including phenoxy) is 2. The minimum absolute atomic E-state index is 0.110. The number of fused-ring (bicyclic) bond motifs is 3. The van der Waals surface area contributed by atoms with Crippen molar-refractivity contribution >= 4 is 27.3 Å². The molecule has 0 spiro atoms. The van der Waals surface area contributed by atoms with Crippen LogP contribution in [0.2, 0.25) is 0 Å². The second-order valence-electron chi connectivity index (χ2n) is 6.15. The molecule has 9 nitrogen and oxygen atoms in total. The number of anilines is 2. The van der Waals surface area contributed by atoms with E-state index in [0.717, 1.165) is 12.1 Å². The molecule has 0 saturated carbocycles. The van der Waals surface area contributed by atoms with E-state index < -0.39 is 21.7 Å². The number of phenols is 1. The minimum atomic E-state index is -4.12. The summed E-state index contributed by atoms with van der Waals surface area (Å²) in [6.07, 6.45) is 3.62. The zero-order valence-electron chi connectivity index (χ0n) is 15.4. The summed E-state index contributed by atoms with van der Waals surface area (Å²) in [6.45, 7) is 1.23. The fourth-order valence-electron chi connectivity index (χ4n) is 2.68. The van der Waals surface area contributed by atoms with E-state index in [4.69, 9.17) is 15.2 Å². The van der Waals surface area contributed by atoms with Crippen molar-refractivity contribution in [1.29, 1.82) is 0 Å². The molecule has 1 amide bonds. The lowest BCUT2D eigenvalue weighted by molar-refractivity contribution is 0.0997. The fraction of sp³-hybridized carbons (Fsp3) is 0.211. The van der Waals surface area contributed by atoms with Crippen LogP contribution in [0.4, 0.5) is 11.4 Å². The standard InChI is InChI=1S/C19H21N3O6S/c20-19(24)15-11-18-16(12-17(15)23)21-6-9-27-7-1-2-8-28-14-5-3-4-13(10-14)22-29(18,25)26/h1-5,10-12,21-23H,6-9H2,(H2,20,24)/b2-1+. The van der Waals surface area contributed by atoms with Crippen LogP contribution in [-0.2, 0) is 14.8 Å². The number of primary amides is 1. The summed E-state index contributed by atoms with van der Waals surface area (Å²) in [5.74, 6) is -0.893. The monoisotopic (exact) mass is 419 g/mol. The molecule has 0 atom stereocenters. The number of hydrogen-bond acceptors (Lipinski definition) is 7. The predicted molar refractivity (Wildman–Crippen MR) is 108 cm³/mol. The molecule has 0 saturated heterocycles. The van der Waals surface area contributed by atoms with E-state index >= 15 is 0 Å². The Labute approximate surface area is 168 Å². The van der Waals surface area contributed by atoms with Gasteiger partial charge in [0.05, 0.1) is 30.2 Å². The fourth-order valence-corrected chi connectivity index (χ4v) is 3.92. The summed E-state index contributed by atoms with van der Waals surface area (Å²) in [6, 6.07) is 8.64. The zero-order chi connectivity index (χ0) is 20.9. The third-order valence-electron chi connectivity index (χ3n) is 4.03. The van der Waals surface area contributed by atoms with Crippen LogP contribution < -0.4 is 20.5 Å². The van der Waals surface area contributed by atoms with Gasteiger partial charge in [0.25, 0.3) is 15.9 Å². The van der Waals surface area contributed by atoms with Gasteiger partial charge in [-0.25, -0.2) is 8.42 Å². The summed E-state index contributed by atoms with van der Waals surface area (Å²) in [7, 11) is -4.12. The van der Waals surface area contributed by atoms with Crippen molar-refractivity contribution in [3.8, 4) is 11.5 Å². The van der Waals surface area contributed by atoms with Crippen LogP contribution in [0.1, 0.15) is 10.4 Å². The predicted octanol–water partition coefficient (Wildman–Crippen LogP) is 1.67. The number of aromatic hydroxyl groups is 1. The minimum Gasteiger partial charge on any atom is -0.507 e. The molecule has 1 aliphatic rings. The Balaban J connectivity index is 2.05. The Bertz CT molecular complexity index is 1040. The first-order valence-electron chi connectivity index (χ1n) is 8.76. The van der Waals surface area contributed by atoms with Gasteiger partial charge >= 0.3 is 0 Å². The first-order valence-corrected chi connectivity index (χ1v) is 10.2. The average molecular weight is 419 g/mol.